The zero-order chi connectivity index (χ0) is 18.8. The zero-order valence-electron chi connectivity index (χ0n) is 13.8. The Hall–Kier alpha value is -2.76. The van der Waals surface area contributed by atoms with Crippen LogP contribution in [0.5, 0.6) is 0 Å². The lowest BCUT2D eigenvalue weighted by Crippen LogP contribution is -2.45. The van der Waals surface area contributed by atoms with E-state index in [4.69, 9.17) is 19.4 Å². The van der Waals surface area contributed by atoms with Crippen LogP contribution >= 0.6 is 0 Å². The summed E-state index contributed by atoms with van der Waals surface area (Å²) in [6, 6.07) is 1.31. The summed E-state index contributed by atoms with van der Waals surface area (Å²) in [5.41, 5.74) is 0.692. The van der Waals surface area contributed by atoms with Crippen LogP contribution in [0.2, 0.25) is 0 Å². The maximum absolute atomic E-state index is 12.4. The fourth-order valence-corrected chi connectivity index (χ4v) is 3.08. The normalized spacial score (nSPS) is 26.8. The molecular formula is C15H18N4O7. The first-order valence-electron chi connectivity index (χ1n) is 7.83. The third-order valence-electron chi connectivity index (χ3n) is 4.21. The first-order valence-corrected chi connectivity index (χ1v) is 7.83. The maximum Gasteiger partial charge on any atom is 0.290 e. The Labute approximate surface area is 146 Å². The van der Waals surface area contributed by atoms with Gasteiger partial charge in [0, 0.05) is 18.0 Å². The number of hydrogen-bond acceptors (Lipinski definition) is 7. The van der Waals surface area contributed by atoms with Gasteiger partial charge in [-0.05, 0) is 6.92 Å². The molecule has 2 aromatic heterocycles. The van der Waals surface area contributed by atoms with Crippen molar-refractivity contribution in [3.05, 3.63) is 33.9 Å². The Bertz CT molecular complexity index is 876. The minimum atomic E-state index is -0.688. The van der Waals surface area contributed by atoms with E-state index >= 15 is 0 Å². The average Bonchev–Trinajstić information content (AvgIpc) is 3.26. The van der Waals surface area contributed by atoms with Gasteiger partial charge in [0.05, 0.1) is 19.3 Å². The van der Waals surface area contributed by atoms with Gasteiger partial charge in [0.2, 0.25) is 0 Å². The molecule has 0 spiro atoms. The third kappa shape index (κ3) is 3.19. The number of rotatable bonds is 2. The number of carbonyl (C=O) groups is 2. The van der Waals surface area contributed by atoms with Gasteiger partial charge in [-0.3, -0.25) is 19.5 Å². The van der Waals surface area contributed by atoms with Crippen LogP contribution in [0.15, 0.2) is 17.1 Å². The van der Waals surface area contributed by atoms with Crippen molar-refractivity contribution in [2.75, 3.05) is 13.2 Å². The van der Waals surface area contributed by atoms with E-state index in [1.165, 1.54) is 10.7 Å². The number of aromatic amines is 1. The Morgan fingerprint density at radius 3 is 2.85 bits per heavy atom. The molecule has 0 saturated carbocycles. The van der Waals surface area contributed by atoms with Gasteiger partial charge in [-0.25, -0.2) is 9.50 Å². The van der Waals surface area contributed by atoms with Crippen LogP contribution in [0.1, 0.15) is 16.1 Å². The lowest BCUT2D eigenvalue weighted by Gasteiger charge is -2.17. The number of nitrogens with zero attached hydrogens (tertiary/aromatic N) is 2. The highest BCUT2D eigenvalue weighted by molar-refractivity contribution is 5.94. The number of nitrogens with one attached hydrogen (secondary N) is 2. The smallest absolute Gasteiger partial charge is 0.290 e. The molecule has 0 aromatic carbocycles. The molecule has 11 nitrogen and oxygen atoms in total. The van der Waals surface area contributed by atoms with E-state index in [1.54, 1.807) is 13.0 Å². The minimum Gasteiger partial charge on any atom is -0.483 e. The van der Waals surface area contributed by atoms with E-state index in [0.717, 1.165) is 5.69 Å². The number of aliphatic hydroxyl groups excluding tert-OH is 1. The van der Waals surface area contributed by atoms with Crippen LogP contribution in [0.4, 0.5) is 0 Å². The monoisotopic (exact) mass is 366 g/mol. The van der Waals surface area contributed by atoms with Crippen molar-refractivity contribution in [3.63, 3.8) is 0 Å². The van der Waals surface area contributed by atoms with Crippen LogP contribution in [-0.2, 0) is 14.3 Å². The topological polar surface area (TPSA) is 155 Å². The molecule has 2 aromatic rings. The van der Waals surface area contributed by atoms with Gasteiger partial charge in [-0.1, -0.05) is 0 Å². The quantitative estimate of drug-likeness (QED) is 0.458. The predicted molar refractivity (Wildman–Crippen MR) is 86.0 cm³/mol. The largest absolute Gasteiger partial charge is 0.483 e. The summed E-state index contributed by atoms with van der Waals surface area (Å²) >= 11 is 0. The number of H-pyrrole nitrogens is 1. The van der Waals surface area contributed by atoms with Crippen LogP contribution in [-0.4, -0.2) is 74.8 Å². The molecule has 0 unspecified atom stereocenters. The van der Waals surface area contributed by atoms with E-state index in [2.05, 4.69) is 15.4 Å². The molecule has 4 heterocycles. The number of carboxylic acid groups (broad SMARTS) is 1. The molecule has 2 saturated heterocycles. The SMILES string of the molecule is Cc1cc2ncc(C(=O)N[C@H]3CO[C@H]4[C@@H]3OC[C@@H]4O)c(=O)n2[nH]1.O=CO. The van der Waals surface area contributed by atoms with Crippen molar-refractivity contribution < 1.29 is 29.3 Å². The summed E-state index contributed by atoms with van der Waals surface area (Å²) in [4.78, 5) is 37.2. The second-order valence-corrected chi connectivity index (χ2v) is 5.96. The molecule has 140 valence electrons. The van der Waals surface area contributed by atoms with Crippen molar-refractivity contribution >= 4 is 18.0 Å². The molecule has 26 heavy (non-hydrogen) atoms. The highest BCUT2D eigenvalue weighted by Gasteiger charge is 2.47. The second kappa shape index (κ2) is 7.23. The molecule has 11 heteroatoms. The van der Waals surface area contributed by atoms with Gasteiger partial charge in [0.15, 0.2) is 5.65 Å². The van der Waals surface area contributed by atoms with Crippen LogP contribution < -0.4 is 10.9 Å². The number of aromatic nitrogens is 3. The molecule has 1 amide bonds. The molecule has 2 fully saturated rings. The third-order valence-corrected chi connectivity index (χ3v) is 4.21. The summed E-state index contributed by atoms with van der Waals surface area (Å²) in [7, 11) is 0. The van der Waals surface area contributed by atoms with E-state index in [0.29, 0.717) is 5.65 Å². The summed E-state index contributed by atoms with van der Waals surface area (Å²) in [5.74, 6) is -0.539. The van der Waals surface area contributed by atoms with Crippen molar-refractivity contribution in [2.24, 2.45) is 0 Å². The lowest BCUT2D eigenvalue weighted by atomic mass is 10.1. The summed E-state index contributed by atoms with van der Waals surface area (Å²) in [6.07, 6.45) is -0.264. The highest BCUT2D eigenvalue weighted by atomic mass is 16.6. The summed E-state index contributed by atoms with van der Waals surface area (Å²) in [6.45, 7) is 1.96. The van der Waals surface area contributed by atoms with Crippen molar-refractivity contribution in [1.29, 1.82) is 0 Å². The van der Waals surface area contributed by atoms with Crippen LogP contribution in [0.3, 0.4) is 0 Å². The Kier molecular flexibility index (Phi) is 5.02. The molecule has 0 aliphatic carbocycles. The van der Waals surface area contributed by atoms with E-state index in [1.807, 2.05) is 0 Å². The average molecular weight is 366 g/mol. The fourth-order valence-electron chi connectivity index (χ4n) is 3.08. The molecular weight excluding hydrogens is 348 g/mol. The molecule has 0 radical (unpaired) electrons. The van der Waals surface area contributed by atoms with Crippen LogP contribution in [0, 0.1) is 6.92 Å². The number of amides is 1. The van der Waals surface area contributed by atoms with Crippen molar-refractivity contribution in [3.8, 4) is 0 Å². The maximum atomic E-state index is 12.4. The number of hydrogen-bond donors (Lipinski definition) is 4. The van der Waals surface area contributed by atoms with Crippen molar-refractivity contribution in [1.82, 2.24) is 19.9 Å². The Morgan fingerprint density at radius 1 is 1.42 bits per heavy atom. The molecule has 2 aliphatic rings. The number of fused-ring (bicyclic) bond motifs is 2. The zero-order valence-corrected chi connectivity index (χ0v) is 13.8. The second-order valence-electron chi connectivity index (χ2n) is 5.96. The summed E-state index contributed by atoms with van der Waals surface area (Å²) in [5, 5.41) is 22.2. The van der Waals surface area contributed by atoms with E-state index < -0.39 is 35.8 Å². The predicted octanol–water partition coefficient (Wildman–Crippen LogP) is -1.71. The van der Waals surface area contributed by atoms with E-state index in [9.17, 15) is 14.7 Å². The minimum absolute atomic E-state index is 0.0636. The van der Waals surface area contributed by atoms with Crippen molar-refractivity contribution in [2.45, 2.75) is 31.3 Å². The van der Waals surface area contributed by atoms with Gasteiger partial charge in [-0.15, -0.1) is 0 Å². The van der Waals surface area contributed by atoms with Crippen LogP contribution in [0.25, 0.3) is 5.65 Å². The first kappa shape index (κ1) is 18.0. The molecule has 4 atom stereocenters. The van der Waals surface area contributed by atoms with Gasteiger partial charge < -0.3 is 25.0 Å². The van der Waals surface area contributed by atoms with E-state index in [-0.39, 0.29) is 25.2 Å². The number of aryl methyl sites for hydroxylation is 1. The standard InChI is InChI=1S/C14H16N4O5.CH2O2/c1-6-2-10-15-3-7(14(21)18(10)17-6)13(20)16-8-4-22-12-9(19)5-23-11(8)12;2-1-3/h2-3,8-9,11-12,17,19H,4-5H2,1H3,(H,16,20);1H,(H,2,3)/t8-,9-,11+,12+;/m0./s1. The molecule has 2 aliphatic heterocycles. The number of ether oxygens (including phenoxy) is 2. The van der Waals surface area contributed by atoms with Gasteiger partial charge in [0.25, 0.3) is 17.9 Å². The fraction of sp³-hybridized carbons (Fsp3) is 0.467. The van der Waals surface area contributed by atoms with Gasteiger partial charge in [-0.2, -0.15) is 0 Å². The Balaban J connectivity index is 0.000000613. The first-order chi connectivity index (χ1) is 12.5. The van der Waals surface area contributed by atoms with Gasteiger partial charge in [0.1, 0.15) is 23.9 Å². The highest BCUT2D eigenvalue weighted by Crippen LogP contribution is 2.27. The Morgan fingerprint density at radius 2 is 2.12 bits per heavy atom. The molecule has 0 bridgehead atoms. The molecule has 4 N–H and O–H groups in total. The summed E-state index contributed by atoms with van der Waals surface area (Å²) < 4.78 is 12.1. The number of aliphatic hydroxyl groups is 1. The van der Waals surface area contributed by atoms with Gasteiger partial charge >= 0.3 is 0 Å². The number of carbonyl (C=O) groups excluding carboxylic acids is 1. The molecule has 4 rings (SSSR count). The lowest BCUT2D eigenvalue weighted by molar-refractivity contribution is -0.122.